The van der Waals surface area contributed by atoms with Gasteiger partial charge in [-0.2, -0.15) is 0 Å². The molecule has 6 nitrogen and oxygen atoms in total. The van der Waals surface area contributed by atoms with Crippen molar-refractivity contribution >= 4 is 12.0 Å². The van der Waals surface area contributed by atoms with Crippen molar-refractivity contribution in [2.24, 2.45) is 0 Å². The Morgan fingerprint density at radius 1 is 1.25 bits per heavy atom. The Kier molecular flexibility index (Phi) is 6.95. The molecule has 6 heteroatoms. The molecule has 1 rings (SSSR count). The monoisotopic (exact) mass is 280 g/mol. The summed E-state index contributed by atoms with van der Waals surface area (Å²) in [5.74, 6) is -0.117. The number of benzene rings is 1. The number of nitrogens with one attached hydrogen (secondary N) is 2. The Morgan fingerprint density at radius 3 is 2.70 bits per heavy atom. The van der Waals surface area contributed by atoms with Crippen molar-refractivity contribution in [3.8, 4) is 5.75 Å². The highest BCUT2D eigenvalue weighted by molar-refractivity contribution is 5.74. The molecule has 0 saturated carbocycles. The minimum atomic E-state index is -0.932. The SMILES string of the molecule is CCOc1cccc(CCNC(=O)NCCC(=O)O)c1. The van der Waals surface area contributed by atoms with Crippen LogP contribution in [0.3, 0.4) is 0 Å². The number of hydrogen-bond acceptors (Lipinski definition) is 3. The molecule has 0 unspecified atom stereocenters. The summed E-state index contributed by atoms with van der Waals surface area (Å²) < 4.78 is 5.39. The van der Waals surface area contributed by atoms with Crippen LogP contribution in [-0.4, -0.2) is 36.8 Å². The van der Waals surface area contributed by atoms with E-state index in [0.29, 0.717) is 19.6 Å². The van der Waals surface area contributed by atoms with Crippen LogP contribution < -0.4 is 15.4 Å². The third kappa shape index (κ3) is 6.63. The summed E-state index contributed by atoms with van der Waals surface area (Å²) in [5, 5.41) is 13.6. The van der Waals surface area contributed by atoms with Crippen LogP contribution in [0.25, 0.3) is 0 Å². The molecule has 1 aromatic rings. The molecule has 0 spiro atoms. The summed E-state index contributed by atoms with van der Waals surface area (Å²) in [6, 6.07) is 7.35. The number of carboxylic acids is 1. The summed E-state index contributed by atoms with van der Waals surface area (Å²) in [4.78, 5) is 21.6. The lowest BCUT2D eigenvalue weighted by Crippen LogP contribution is -2.37. The predicted molar refractivity (Wildman–Crippen MR) is 75.0 cm³/mol. The van der Waals surface area contributed by atoms with Crippen LogP contribution >= 0.6 is 0 Å². The fraction of sp³-hybridized carbons (Fsp3) is 0.429. The van der Waals surface area contributed by atoms with Gasteiger partial charge in [-0.05, 0) is 31.0 Å². The molecule has 0 aliphatic rings. The van der Waals surface area contributed by atoms with Gasteiger partial charge >= 0.3 is 12.0 Å². The fourth-order valence-corrected chi connectivity index (χ4v) is 1.62. The lowest BCUT2D eigenvalue weighted by Gasteiger charge is -2.08. The van der Waals surface area contributed by atoms with Gasteiger partial charge in [0.25, 0.3) is 0 Å². The van der Waals surface area contributed by atoms with E-state index in [2.05, 4.69) is 10.6 Å². The van der Waals surface area contributed by atoms with Crippen LogP contribution in [0.5, 0.6) is 5.75 Å². The molecule has 0 bridgehead atoms. The predicted octanol–water partition coefficient (Wildman–Crippen LogP) is 1.40. The van der Waals surface area contributed by atoms with Crippen LogP contribution in [0.2, 0.25) is 0 Å². The maximum atomic E-state index is 11.3. The van der Waals surface area contributed by atoms with Crippen LogP contribution in [0.15, 0.2) is 24.3 Å². The molecule has 2 amide bonds. The zero-order chi connectivity index (χ0) is 14.8. The first-order chi connectivity index (χ1) is 9.61. The highest BCUT2D eigenvalue weighted by atomic mass is 16.5. The summed E-state index contributed by atoms with van der Waals surface area (Å²) >= 11 is 0. The van der Waals surface area contributed by atoms with Gasteiger partial charge in [0.15, 0.2) is 0 Å². The molecule has 110 valence electrons. The molecule has 3 N–H and O–H groups in total. The van der Waals surface area contributed by atoms with E-state index >= 15 is 0 Å². The molecule has 0 radical (unpaired) electrons. The van der Waals surface area contributed by atoms with Gasteiger partial charge in [0.2, 0.25) is 0 Å². The van der Waals surface area contributed by atoms with Crippen molar-refractivity contribution < 1.29 is 19.4 Å². The first kappa shape index (κ1) is 15.8. The topological polar surface area (TPSA) is 87.7 Å². The van der Waals surface area contributed by atoms with Crippen molar-refractivity contribution in [2.45, 2.75) is 19.8 Å². The Bertz CT molecular complexity index is 449. The highest BCUT2D eigenvalue weighted by Gasteiger charge is 2.02. The van der Waals surface area contributed by atoms with E-state index in [1.165, 1.54) is 0 Å². The van der Waals surface area contributed by atoms with E-state index in [1.807, 2.05) is 31.2 Å². The molecule has 0 heterocycles. The fourth-order valence-electron chi connectivity index (χ4n) is 1.62. The number of aliphatic carboxylic acids is 1. The summed E-state index contributed by atoms with van der Waals surface area (Å²) in [7, 11) is 0. The molecule has 0 aromatic heterocycles. The number of carboxylic acid groups (broad SMARTS) is 1. The molecule has 20 heavy (non-hydrogen) atoms. The van der Waals surface area contributed by atoms with Gasteiger partial charge in [0.1, 0.15) is 5.75 Å². The molecule has 0 aliphatic carbocycles. The van der Waals surface area contributed by atoms with E-state index in [9.17, 15) is 9.59 Å². The van der Waals surface area contributed by atoms with Crippen LogP contribution in [0.4, 0.5) is 4.79 Å². The van der Waals surface area contributed by atoms with Crippen molar-refractivity contribution in [3.63, 3.8) is 0 Å². The number of carbonyl (C=O) groups is 2. The van der Waals surface area contributed by atoms with Gasteiger partial charge in [0, 0.05) is 13.1 Å². The number of carbonyl (C=O) groups excluding carboxylic acids is 1. The third-order valence-electron chi connectivity index (χ3n) is 2.53. The number of urea groups is 1. The van der Waals surface area contributed by atoms with Crippen LogP contribution in [0.1, 0.15) is 18.9 Å². The molecular formula is C14H20N2O4. The number of rotatable bonds is 8. The second kappa shape index (κ2) is 8.79. The van der Waals surface area contributed by atoms with Gasteiger partial charge in [-0.15, -0.1) is 0 Å². The van der Waals surface area contributed by atoms with Gasteiger partial charge < -0.3 is 20.5 Å². The van der Waals surface area contributed by atoms with Gasteiger partial charge in [0.05, 0.1) is 13.0 Å². The maximum Gasteiger partial charge on any atom is 0.314 e. The van der Waals surface area contributed by atoms with E-state index in [-0.39, 0.29) is 19.0 Å². The third-order valence-corrected chi connectivity index (χ3v) is 2.53. The quantitative estimate of drug-likeness (QED) is 0.671. The zero-order valence-corrected chi connectivity index (χ0v) is 11.5. The van der Waals surface area contributed by atoms with Crippen LogP contribution in [0, 0.1) is 0 Å². The smallest absolute Gasteiger partial charge is 0.314 e. The van der Waals surface area contributed by atoms with Gasteiger partial charge in [-0.1, -0.05) is 12.1 Å². The average molecular weight is 280 g/mol. The number of amides is 2. The first-order valence-corrected chi connectivity index (χ1v) is 6.57. The average Bonchev–Trinajstić information content (AvgIpc) is 2.39. The van der Waals surface area contributed by atoms with E-state index in [1.54, 1.807) is 0 Å². The molecular weight excluding hydrogens is 260 g/mol. The Labute approximate surface area is 118 Å². The second-order valence-corrected chi connectivity index (χ2v) is 4.16. The number of ether oxygens (including phenoxy) is 1. The van der Waals surface area contributed by atoms with Crippen molar-refractivity contribution in [2.75, 3.05) is 19.7 Å². The molecule has 0 atom stereocenters. The Hall–Kier alpha value is -2.24. The molecule has 1 aromatic carbocycles. The molecule has 0 saturated heterocycles. The van der Waals surface area contributed by atoms with Gasteiger partial charge in [-0.3, -0.25) is 4.79 Å². The lowest BCUT2D eigenvalue weighted by atomic mass is 10.1. The van der Waals surface area contributed by atoms with E-state index < -0.39 is 5.97 Å². The molecule has 0 aliphatic heterocycles. The minimum absolute atomic E-state index is 0.0795. The Morgan fingerprint density at radius 2 is 2.00 bits per heavy atom. The second-order valence-electron chi connectivity index (χ2n) is 4.16. The van der Waals surface area contributed by atoms with Gasteiger partial charge in [-0.25, -0.2) is 4.79 Å². The molecule has 0 fully saturated rings. The van der Waals surface area contributed by atoms with E-state index in [4.69, 9.17) is 9.84 Å². The summed E-state index contributed by atoms with van der Waals surface area (Å²) in [6.45, 7) is 3.15. The van der Waals surface area contributed by atoms with E-state index in [0.717, 1.165) is 11.3 Å². The summed E-state index contributed by atoms with van der Waals surface area (Å²) in [5.41, 5.74) is 1.07. The standard InChI is InChI=1S/C14H20N2O4/c1-2-20-12-5-3-4-11(10-12)6-8-15-14(19)16-9-7-13(17)18/h3-5,10H,2,6-9H2,1H3,(H,17,18)(H2,15,16,19). The first-order valence-electron chi connectivity index (χ1n) is 6.57. The lowest BCUT2D eigenvalue weighted by molar-refractivity contribution is -0.136. The van der Waals surface area contributed by atoms with Crippen molar-refractivity contribution in [1.29, 1.82) is 0 Å². The number of hydrogen-bond donors (Lipinski definition) is 3. The summed E-state index contributed by atoms with van der Waals surface area (Å²) in [6.07, 6.45) is 0.608. The van der Waals surface area contributed by atoms with Crippen LogP contribution in [-0.2, 0) is 11.2 Å². The van der Waals surface area contributed by atoms with Crippen molar-refractivity contribution in [1.82, 2.24) is 10.6 Å². The minimum Gasteiger partial charge on any atom is -0.494 e. The van der Waals surface area contributed by atoms with Crippen molar-refractivity contribution in [3.05, 3.63) is 29.8 Å². The maximum absolute atomic E-state index is 11.3. The highest BCUT2D eigenvalue weighted by Crippen LogP contribution is 2.13. The zero-order valence-electron chi connectivity index (χ0n) is 11.5. The Balaban J connectivity index is 2.24. The normalized spacial score (nSPS) is 9.85. The largest absolute Gasteiger partial charge is 0.494 e.